The molecule has 0 aliphatic heterocycles. The lowest BCUT2D eigenvalue weighted by Crippen LogP contribution is -2.12. The van der Waals surface area contributed by atoms with Gasteiger partial charge in [-0.25, -0.2) is 4.98 Å². The maximum absolute atomic E-state index is 12.1. The number of phenolic OH excluding ortho intramolecular Hbond substituents is 1. The summed E-state index contributed by atoms with van der Waals surface area (Å²) in [4.78, 5) is 10.4. The summed E-state index contributed by atoms with van der Waals surface area (Å²) in [5.74, 6) is -1.92. The summed E-state index contributed by atoms with van der Waals surface area (Å²) in [7, 11) is 0. The minimum Gasteiger partial charge on any atom is -0.507 e. The molecule has 9 rings (SSSR count). The Balaban J connectivity index is 1.32. The van der Waals surface area contributed by atoms with Crippen LogP contribution in [0.5, 0.6) is 5.75 Å². The summed E-state index contributed by atoms with van der Waals surface area (Å²) in [6.07, 6.45) is 1.82. The van der Waals surface area contributed by atoms with Crippen LogP contribution in [0.25, 0.3) is 83.9 Å². The number of pyridine rings is 1. The Labute approximate surface area is 382 Å². The molecule has 9 aromatic rings. The molecule has 0 aliphatic rings. The van der Waals surface area contributed by atoms with E-state index in [1.54, 1.807) is 18.2 Å². The average Bonchev–Trinajstić information content (AvgIpc) is 3.71. The second-order valence-electron chi connectivity index (χ2n) is 17.6. The van der Waals surface area contributed by atoms with Gasteiger partial charge in [0.05, 0.1) is 28.0 Å². The summed E-state index contributed by atoms with van der Waals surface area (Å²) in [6.45, 7) is 6.40. The molecule has 7 aromatic carbocycles. The van der Waals surface area contributed by atoms with Gasteiger partial charge in [0.1, 0.15) is 11.6 Å². The van der Waals surface area contributed by atoms with Gasteiger partial charge in [0.25, 0.3) is 0 Å². The number of aromatic hydroxyl groups is 1. The van der Waals surface area contributed by atoms with Gasteiger partial charge in [0.15, 0.2) is 0 Å². The fourth-order valence-electron chi connectivity index (χ4n) is 8.41. The zero-order chi connectivity index (χ0) is 49.9. The van der Waals surface area contributed by atoms with E-state index in [0.717, 1.165) is 61.3 Å². The van der Waals surface area contributed by atoms with Gasteiger partial charge in [0.2, 0.25) is 0 Å². The lowest BCUT2D eigenvalue weighted by atomic mass is 9.84. The summed E-state index contributed by atoms with van der Waals surface area (Å²) >= 11 is 0. The molecule has 0 atom stereocenters. The van der Waals surface area contributed by atoms with Crippen LogP contribution in [0.15, 0.2) is 170 Å². The SMILES string of the molecule is [2H]C(C)(C)c1ccc(-c2ccnc(-c3cc(-c4ccccc4)cc(-c4cccc5c4nc(-c4cc(C(C)(C)C)cc(C)c4O)n5-c4ccc(C(C([2H])([2H])[2H])C([2H])([2H])[2H])cc4-c4ccccc4)c3)c2)cc1. The Morgan fingerprint density at radius 3 is 1.95 bits per heavy atom. The van der Waals surface area contributed by atoms with Crippen LogP contribution in [0.1, 0.15) is 92.0 Å². The highest BCUT2D eigenvalue weighted by Crippen LogP contribution is 2.44. The molecule has 0 fully saturated rings. The van der Waals surface area contributed by atoms with Crippen molar-refractivity contribution in [3.63, 3.8) is 0 Å². The Bertz CT molecular complexity index is 3370. The molecule has 63 heavy (non-hydrogen) atoms. The van der Waals surface area contributed by atoms with Crippen molar-refractivity contribution in [2.45, 2.75) is 72.5 Å². The van der Waals surface area contributed by atoms with Gasteiger partial charge in [-0.15, -0.1) is 0 Å². The molecule has 0 spiro atoms. The van der Waals surface area contributed by atoms with E-state index in [1.807, 2.05) is 129 Å². The molecule has 0 radical (unpaired) electrons. The average molecular weight is 829 g/mol. The summed E-state index contributed by atoms with van der Waals surface area (Å²) in [5.41, 5.74) is 13.7. The lowest BCUT2D eigenvalue weighted by Gasteiger charge is -2.22. The molecule has 0 unspecified atom stereocenters. The molecule has 2 aromatic heterocycles. The molecule has 4 heteroatoms. The predicted octanol–water partition coefficient (Wildman–Crippen LogP) is 16.0. The van der Waals surface area contributed by atoms with Gasteiger partial charge in [-0.05, 0) is 134 Å². The van der Waals surface area contributed by atoms with Crippen LogP contribution in [-0.4, -0.2) is 19.6 Å². The monoisotopic (exact) mass is 828 g/mol. The van der Waals surface area contributed by atoms with E-state index in [1.165, 1.54) is 0 Å². The minimum atomic E-state index is -2.81. The Morgan fingerprint density at radius 2 is 1.25 bits per heavy atom. The van der Waals surface area contributed by atoms with E-state index in [9.17, 15) is 5.11 Å². The maximum Gasteiger partial charge on any atom is 0.149 e. The van der Waals surface area contributed by atoms with Crippen molar-refractivity contribution in [2.75, 3.05) is 0 Å². The molecule has 0 aliphatic carbocycles. The second-order valence-corrected chi connectivity index (χ2v) is 17.6. The van der Waals surface area contributed by atoms with Gasteiger partial charge >= 0.3 is 0 Å². The topological polar surface area (TPSA) is 50.9 Å². The van der Waals surface area contributed by atoms with Gasteiger partial charge in [-0.2, -0.15) is 0 Å². The van der Waals surface area contributed by atoms with E-state index < -0.39 is 25.5 Å². The van der Waals surface area contributed by atoms with Crippen LogP contribution < -0.4 is 0 Å². The highest BCUT2D eigenvalue weighted by Gasteiger charge is 2.26. The number of imidazole rings is 1. The first-order chi connectivity index (χ1) is 33.1. The van der Waals surface area contributed by atoms with Crippen molar-refractivity contribution in [1.29, 1.82) is 0 Å². The number of fused-ring (bicyclic) bond motifs is 1. The first kappa shape index (κ1) is 33.6. The molecular formula is C59H55N3O. The van der Waals surface area contributed by atoms with Crippen LogP contribution in [0.3, 0.4) is 0 Å². The standard InChI is InChI=1S/C59H55N3O/c1-37(2)40-22-24-42(25-23-40)45-28-29-60-53(35-45)48-32-46(41-16-11-9-12-17-41)31-47(33-48)50-20-15-21-55-56(50)61-58(52-36-49(59(6,7)8)30-39(5)57(52)63)62(55)54-27-26-44(38(3)4)34-51(54)43-18-13-10-14-19-43/h9-38,63H,1-8H3/i3D3,4D3,37D. The minimum absolute atomic E-state index is 0.0752. The van der Waals surface area contributed by atoms with E-state index in [0.29, 0.717) is 39.2 Å². The molecule has 312 valence electrons. The van der Waals surface area contributed by atoms with Gasteiger partial charge in [-0.3, -0.25) is 9.55 Å². The predicted molar refractivity (Wildman–Crippen MR) is 265 cm³/mol. The molecule has 0 bridgehead atoms. The number of phenols is 1. The molecule has 1 N–H and O–H groups in total. The number of aromatic nitrogens is 3. The third kappa shape index (κ3) is 8.10. The van der Waals surface area contributed by atoms with Crippen LogP contribution in [-0.2, 0) is 5.41 Å². The van der Waals surface area contributed by atoms with Crippen molar-refractivity contribution in [3.8, 4) is 78.6 Å². The highest BCUT2D eigenvalue weighted by atomic mass is 16.3. The number of para-hydroxylation sites is 1. The normalized spacial score (nSPS) is 14.0. The quantitative estimate of drug-likeness (QED) is 0.158. The Kier molecular flexibility index (Phi) is 8.89. The van der Waals surface area contributed by atoms with Crippen LogP contribution in [0, 0.1) is 6.92 Å². The molecule has 0 amide bonds. The third-order valence-electron chi connectivity index (χ3n) is 12.0. The third-order valence-corrected chi connectivity index (χ3v) is 12.0. The summed E-state index contributed by atoms with van der Waals surface area (Å²) in [5, 5.41) is 12.1. The smallest absolute Gasteiger partial charge is 0.149 e. The van der Waals surface area contributed by atoms with E-state index in [-0.39, 0.29) is 16.7 Å². The summed E-state index contributed by atoms with van der Waals surface area (Å²) in [6, 6.07) is 53.4. The maximum atomic E-state index is 12.1. The van der Waals surface area contributed by atoms with Crippen LogP contribution in [0.4, 0.5) is 0 Å². The number of aryl methyl sites for hydroxylation is 1. The van der Waals surface area contributed by atoms with Crippen molar-refractivity contribution < 1.29 is 14.7 Å². The first-order valence-corrected chi connectivity index (χ1v) is 21.4. The van der Waals surface area contributed by atoms with E-state index >= 15 is 0 Å². The van der Waals surface area contributed by atoms with Gasteiger partial charge in [-0.1, -0.05) is 158 Å². The fraction of sp³-hybridized carbons (Fsp3) is 0.186. The van der Waals surface area contributed by atoms with Gasteiger partial charge < -0.3 is 5.11 Å². The summed E-state index contributed by atoms with van der Waals surface area (Å²) < 4.78 is 60.7. The molecule has 2 heterocycles. The van der Waals surface area contributed by atoms with Crippen molar-refractivity contribution >= 4 is 11.0 Å². The Morgan fingerprint density at radius 1 is 0.587 bits per heavy atom. The molecular weight excluding hydrogens is 767 g/mol. The molecule has 0 saturated heterocycles. The van der Waals surface area contributed by atoms with Crippen molar-refractivity contribution in [3.05, 3.63) is 192 Å². The zero-order valence-electron chi connectivity index (χ0n) is 43.5. The van der Waals surface area contributed by atoms with E-state index in [2.05, 4.69) is 69.3 Å². The van der Waals surface area contributed by atoms with Crippen LogP contribution >= 0.6 is 0 Å². The Hall–Kier alpha value is -7.04. The number of benzene rings is 7. The highest BCUT2D eigenvalue weighted by molar-refractivity contribution is 5.98. The van der Waals surface area contributed by atoms with Crippen molar-refractivity contribution in [1.82, 2.24) is 14.5 Å². The number of nitrogens with zero attached hydrogens (tertiary/aromatic N) is 3. The first-order valence-electron chi connectivity index (χ1n) is 24.9. The second kappa shape index (κ2) is 16.7. The molecule has 4 nitrogen and oxygen atoms in total. The fourth-order valence-corrected chi connectivity index (χ4v) is 8.41. The lowest BCUT2D eigenvalue weighted by molar-refractivity contribution is 0.471. The van der Waals surface area contributed by atoms with E-state index in [4.69, 9.17) is 19.6 Å². The number of hydrogen-bond donors (Lipinski definition) is 1. The van der Waals surface area contributed by atoms with Crippen LogP contribution in [0.2, 0.25) is 0 Å². The zero-order valence-corrected chi connectivity index (χ0v) is 36.5. The largest absolute Gasteiger partial charge is 0.507 e. The van der Waals surface area contributed by atoms with Gasteiger partial charge in [0, 0.05) is 32.5 Å². The number of hydrogen-bond acceptors (Lipinski definition) is 3. The number of rotatable bonds is 9. The van der Waals surface area contributed by atoms with Crippen molar-refractivity contribution in [2.24, 2.45) is 0 Å². The molecule has 0 saturated carbocycles.